The number of hydrogen-bond donors (Lipinski definition) is 0. The smallest absolute Gasteiger partial charge is 0.126 e. The Hall–Kier alpha value is -1.18. The van der Waals surface area contributed by atoms with Gasteiger partial charge in [-0.15, -0.1) is 0 Å². The third kappa shape index (κ3) is 4.93. The van der Waals surface area contributed by atoms with Crippen molar-refractivity contribution in [2.24, 2.45) is 5.92 Å². The molecule has 0 unspecified atom stereocenters. The van der Waals surface area contributed by atoms with Gasteiger partial charge in [-0.3, -0.25) is 0 Å². The Bertz CT molecular complexity index is 471. The fourth-order valence-electron chi connectivity index (χ4n) is 3.62. The van der Waals surface area contributed by atoms with Crippen molar-refractivity contribution in [3.05, 3.63) is 47.5 Å². The topological polar surface area (TPSA) is 0 Å². The molecule has 0 N–H and O–H groups in total. The molecule has 22 heavy (non-hydrogen) atoms. The molecule has 2 heteroatoms. The van der Waals surface area contributed by atoms with Gasteiger partial charge in [0.05, 0.1) is 6.33 Å². The van der Waals surface area contributed by atoms with E-state index in [4.69, 9.17) is 0 Å². The molecule has 0 aromatic heterocycles. The number of benzene rings is 1. The first kappa shape index (κ1) is 17.2. The Morgan fingerprint density at radius 3 is 2.55 bits per heavy atom. The molecule has 1 aliphatic carbocycles. The second kappa shape index (κ2) is 9.07. The molecule has 0 atom stereocenters. The van der Waals surface area contributed by atoms with Gasteiger partial charge in [0.2, 0.25) is 0 Å². The van der Waals surface area contributed by atoms with E-state index in [0.29, 0.717) is 24.2 Å². The molecule has 1 aromatic rings. The number of halogens is 2. The van der Waals surface area contributed by atoms with Crippen molar-refractivity contribution in [3.8, 4) is 0 Å². The van der Waals surface area contributed by atoms with Gasteiger partial charge < -0.3 is 0 Å². The number of allylic oxidation sites excluding steroid dienone is 1. The van der Waals surface area contributed by atoms with Crippen molar-refractivity contribution in [1.82, 2.24) is 0 Å². The Balaban J connectivity index is 1.87. The summed E-state index contributed by atoms with van der Waals surface area (Å²) in [7, 11) is 0. The molecule has 0 bridgehead atoms. The predicted molar refractivity (Wildman–Crippen MR) is 89.2 cm³/mol. The molecule has 0 heterocycles. The summed E-state index contributed by atoms with van der Waals surface area (Å²) in [5, 5.41) is 0. The van der Waals surface area contributed by atoms with Crippen LogP contribution in [0, 0.1) is 11.7 Å². The van der Waals surface area contributed by atoms with Crippen molar-refractivity contribution in [2.45, 2.75) is 70.6 Å². The third-order valence-electron chi connectivity index (χ3n) is 5.04. The Morgan fingerprint density at radius 2 is 1.91 bits per heavy atom. The van der Waals surface area contributed by atoms with E-state index < -0.39 is 0 Å². The van der Waals surface area contributed by atoms with Crippen molar-refractivity contribution in [1.29, 1.82) is 0 Å². The monoisotopic (exact) mass is 306 g/mol. The highest BCUT2D eigenvalue weighted by Gasteiger charge is 2.22. The maximum atomic E-state index is 14.1. The van der Waals surface area contributed by atoms with Crippen LogP contribution >= 0.6 is 0 Å². The summed E-state index contributed by atoms with van der Waals surface area (Å²) in [6, 6.07) is 5.52. The van der Waals surface area contributed by atoms with Gasteiger partial charge in [0, 0.05) is 0 Å². The molecule has 0 spiro atoms. The van der Waals surface area contributed by atoms with Crippen LogP contribution in [0.15, 0.2) is 30.6 Å². The van der Waals surface area contributed by atoms with Gasteiger partial charge in [-0.1, -0.05) is 50.8 Å². The van der Waals surface area contributed by atoms with E-state index in [1.165, 1.54) is 57.4 Å². The number of rotatable bonds is 7. The molecule has 1 aromatic carbocycles. The molecule has 2 rings (SSSR count). The van der Waals surface area contributed by atoms with Crippen molar-refractivity contribution in [3.63, 3.8) is 0 Å². The summed E-state index contributed by atoms with van der Waals surface area (Å²) in [5.74, 6) is 1.19. The van der Waals surface area contributed by atoms with Crippen LogP contribution in [-0.4, -0.2) is 0 Å². The van der Waals surface area contributed by atoms with E-state index in [2.05, 4.69) is 6.92 Å². The van der Waals surface area contributed by atoms with Gasteiger partial charge in [0.25, 0.3) is 0 Å². The molecule has 1 aliphatic rings. The van der Waals surface area contributed by atoms with Crippen LogP contribution in [0.1, 0.15) is 75.3 Å². The van der Waals surface area contributed by atoms with Crippen LogP contribution in [0.25, 0.3) is 0 Å². The standard InChI is InChI=1S/C20H28F2/c1-2-3-4-6-16-8-10-17(11-9-16)19-13-12-18(7-5-14-21)20(22)15-19/h5,12-17H,2-4,6-11H2,1H3/t16-,17-. The highest BCUT2D eigenvalue weighted by molar-refractivity contribution is 5.28. The zero-order chi connectivity index (χ0) is 15.8. The normalized spacial score (nSPS) is 22.3. The van der Waals surface area contributed by atoms with Crippen LogP contribution in [0.5, 0.6) is 0 Å². The summed E-state index contributed by atoms with van der Waals surface area (Å²) in [4.78, 5) is 0. The fraction of sp³-hybridized carbons (Fsp3) is 0.600. The molecular weight excluding hydrogens is 278 g/mol. The van der Waals surface area contributed by atoms with Gasteiger partial charge in [0.1, 0.15) is 5.82 Å². The summed E-state index contributed by atoms with van der Waals surface area (Å²) < 4.78 is 26.1. The molecule has 0 saturated heterocycles. The summed E-state index contributed by atoms with van der Waals surface area (Å²) in [5.41, 5.74) is 1.70. The van der Waals surface area contributed by atoms with Crippen LogP contribution in [-0.2, 0) is 6.42 Å². The first-order valence-corrected chi connectivity index (χ1v) is 8.78. The first-order valence-electron chi connectivity index (χ1n) is 8.78. The zero-order valence-electron chi connectivity index (χ0n) is 13.7. The van der Waals surface area contributed by atoms with Gasteiger partial charge in [-0.25, -0.2) is 8.78 Å². The molecule has 122 valence electrons. The van der Waals surface area contributed by atoms with Gasteiger partial charge >= 0.3 is 0 Å². The number of hydrogen-bond acceptors (Lipinski definition) is 0. The van der Waals surface area contributed by atoms with Crippen LogP contribution in [0.3, 0.4) is 0 Å². The lowest BCUT2D eigenvalue weighted by Crippen LogP contribution is -2.13. The van der Waals surface area contributed by atoms with Crippen molar-refractivity contribution >= 4 is 0 Å². The molecule has 1 saturated carbocycles. The van der Waals surface area contributed by atoms with Crippen molar-refractivity contribution in [2.75, 3.05) is 0 Å². The molecular formula is C20H28F2. The van der Waals surface area contributed by atoms with E-state index in [9.17, 15) is 8.78 Å². The molecule has 1 fully saturated rings. The van der Waals surface area contributed by atoms with Gasteiger partial charge in [-0.2, -0.15) is 0 Å². The third-order valence-corrected chi connectivity index (χ3v) is 5.04. The van der Waals surface area contributed by atoms with Crippen LogP contribution in [0.2, 0.25) is 0 Å². The molecule has 0 amide bonds. The molecule has 0 radical (unpaired) electrons. The van der Waals surface area contributed by atoms with Crippen molar-refractivity contribution < 1.29 is 8.78 Å². The minimum atomic E-state index is -0.194. The van der Waals surface area contributed by atoms with E-state index in [0.717, 1.165) is 11.5 Å². The Kier molecular flexibility index (Phi) is 7.08. The second-order valence-corrected chi connectivity index (χ2v) is 6.63. The summed E-state index contributed by atoms with van der Waals surface area (Å²) >= 11 is 0. The predicted octanol–water partition coefficient (Wildman–Crippen LogP) is 6.71. The minimum absolute atomic E-state index is 0.194. The summed E-state index contributed by atoms with van der Waals surface area (Å²) in [6.45, 7) is 2.25. The average Bonchev–Trinajstić information content (AvgIpc) is 2.54. The van der Waals surface area contributed by atoms with E-state index in [1.807, 2.05) is 12.1 Å². The maximum Gasteiger partial charge on any atom is 0.126 e. The summed E-state index contributed by atoms with van der Waals surface area (Å²) in [6.07, 6.45) is 12.4. The van der Waals surface area contributed by atoms with E-state index in [1.54, 1.807) is 6.07 Å². The van der Waals surface area contributed by atoms with Gasteiger partial charge in [0.15, 0.2) is 0 Å². The average molecular weight is 306 g/mol. The second-order valence-electron chi connectivity index (χ2n) is 6.63. The first-order chi connectivity index (χ1) is 10.7. The lowest BCUT2D eigenvalue weighted by Gasteiger charge is -2.29. The van der Waals surface area contributed by atoms with E-state index >= 15 is 0 Å². The number of unbranched alkanes of at least 4 members (excludes halogenated alkanes) is 2. The minimum Gasteiger partial charge on any atom is -0.216 e. The quantitative estimate of drug-likeness (QED) is 0.491. The SMILES string of the molecule is CCCCC[C@H]1CC[C@H](c2ccc(CC=CF)c(F)c2)CC1. The van der Waals surface area contributed by atoms with Gasteiger partial charge in [-0.05, 0) is 61.1 Å². The largest absolute Gasteiger partial charge is 0.216 e. The van der Waals surface area contributed by atoms with Crippen LogP contribution < -0.4 is 0 Å². The van der Waals surface area contributed by atoms with Crippen LogP contribution in [0.4, 0.5) is 8.78 Å². The molecule has 0 nitrogen and oxygen atoms in total. The fourth-order valence-corrected chi connectivity index (χ4v) is 3.62. The maximum absolute atomic E-state index is 14.1. The zero-order valence-corrected chi connectivity index (χ0v) is 13.7. The highest BCUT2D eigenvalue weighted by Crippen LogP contribution is 2.38. The lowest BCUT2D eigenvalue weighted by atomic mass is 9.77. The molecule has 0 aliphatic heterocycles. The lowest BCUT2D eigenvalue weighted by molar-refractivity contribution is 0.302. The highest BCUT2D eigenvalue weighted by atomic mass is 19.1. The Morgan fingerprint density at radius 1 is 1.14 bits per heavy atom. The van der Waals surface area contributed by atoms with E-state index in [-0.39, 0.29) is 5.82 Å². The Labute approximate surface area is 133 Å².